The smallest absolute Gasteiger partial charge is 0.280 e. The van der Waals surface area contributed by atoms with E-state index in [4.69, 9.17) is 5.73 Å². The van der Waals surface area contributed by atoms with E-state index in [1.807, 2.05) is 12.1 Å². The van der Waals surface area contributed by atoms with Crippen LogP contribution in [-0.2, 0) is 0 Å². The van der Waals surface area contributed by atoms with Gasteiger partial charge in [0.15, 0.2) is 0 Å². The summed E-state index contributed by atoms with van der Waals surface area (Å²) in [5.41, 5.74) is 6.74. The van der Waals surface area contributed by atoms with Gasteiger partial charge in [-0.15, -0.1) is 0 Å². The molecule has 19 heavy (non-hydrogen) atoms. The molecule has 0 unspecified atom stereocenters. The molecular formula is C13H10BrN3O2. The van der Waals surface area contributed by atoms with E-state index < -0.39 is 4.92 Å². The average Bonchev–Trinajstić information content (AvgIpc) is 2.41. The van der Waals surface area contributed by atoms with Gasteiger partial charge in [0, 0.05) is 10.5 Å². The first-order valence-electron chi connectivity index (χ1n) is 5.41. The maximum absolute atomic E-state index is 10.9. The topological polar surface area (TPSA) is 81.5 Å². The largest absolute Gasteiger partial charge is 0.383 e. The van der Waals surface area contributed by atoms with Gasteiger partial charge in [0.25, 0.3) is 5.69 Å². The molecule has 0 amide bonds. The quantitative estimate of drug-likeness (QED) is 0.407. The van der Waals surface area contributed by atoms with E-state index in [1.165, 1.54) is 6.07 Å². The van der Waals surface area contributed by atoms with E-state index >= 15 is 0 Å². The number of hydrogen-bond acceptors (Lipinski definition) is 3. The van der Waals surface area contributed by atoms with Gasteiger partial charge in [0.2, 0.25) is 0 Å². The van der Waals surface area contributed by atoms with E-state index in [9.17, 15) is 10.1 Å². The van der Waals surface area contributed by atoms with Gasteiger partial charge in [0.1, 0.15) is 5.84 Å². The molecule has 0 aliphatic rings. The second-order valence-corrected chi connectivity index (χ2v) is 4.66. The molecular weight excluding hydrogens is 310 g/mol. The van der Waals surface area contributed by atoms with Crippen molar-refractivity contribution in [3.05, 3.63) is 68.7 Å². The van der Waals surface area contributed by atoms with Gasteiger partial charge < -0.3 is 5.73 Å². The molecule has 5 nitrogen and oxygen atoms in total. The Morgan fingerprint density at radius 3 is 2.42 bits per heavy atom. The number of para-hydroxylation sites is 1. The molecule has 0 heterocycles. The maximum atomic E-state index is 10.9. The van der Waals surface area contributed by atoms with Crippen molar-refractivity contribution in [2.45, 2.75) is 0 Å². The highest BCUT2D eigenvalue weighted by molar-refractivity contribution is 9.10. The first kappa shape index (κ1) is 13.2. The first-order chi connectivity index (χ1) is 9.08. The van der Waals surface area contributed by atoms with Crippen LogP contribution in [0.4, 0.5) is 11.4 Å². The number of halogens is 1. The molecule has 0 spiro atoms. The lowest BCUT2D eigenvalue weighted by Crippen LogP contribution is -2.14. The Labute approximate surface area is 118 Å². The van der Waals surface area contributed by atoms with Crippen molar-refractivity contribution in [3.8, 4) is 0 Å². The number of nitro benzene ring substituents is 1. The highest BCUT2D eigenvalue weighted by Gasteiger charge is 2.15. The van der Waals surface area contributed by atoms with Gasteiger partial charge >= 0.3 is 0 Å². The predicted octanol–water partition coefficient (Wildman–Crippen LogP) is 3.39. The second kappa shape index (κ2) is 5.62. The van der Waals surface area contributed by atoms with Gasteiger partial charge in [-0.05, 0) is 30.3 Å². The van der Waals surface area contributed by atoms with E-state index in [1.54, 1.807) is 30.3 Å². The summed E-state index contributed by atoms with van der Waals surface area (Å²) >= 11 is 3.32. The van der Waals surface area contributed by atoms with Crippen LogP contribution in [0, 0.1) is 10.1 Å². The number of benzene rings is 2. The number of hydrogen-bond donors (Lipinski definition) is 1. The summed E-state index contributed by atoms with van der Waals surface area (Å²) in [6.07, 6.45) is 0. The molecule has 0 fully saturated rings. The standard InChI is InChI=1S/C13H10BrN3O2/c14-9-5-7-10(8-6-9)16-13(15)11-3-1-2-4-12(11)17(18)19/h1-8H,(H2,15,16). The molecule has 0 aliphatic carbocycles. The minimum atomic E-state index is -0.473. The Hall–Kier alpha value is -2.21. The molecule has 0 saturated carbocycles. The zero-order chi connectivity index (χ0) is 13.8. The lowest BCUT2D eigenvalue weighted by atomic mass is 10.1. The molecule has 2 aromatic rings. The highest BCUT2D eigenvalue weighted by atomic mass is 79.9. The van der Waals surface area contributed by atoms with E-state index in [0.717, 1.165) is 4.47 Å². The summed E-state index contributed by atoms with van der Waals surface area (Å²) < 4.78 is 0.927. The van der Waals surface area contributed by atoms with Crippen LogP contribution in [0.1, 0.15) is 5.56 Å². The van der Waals surface area contributed by atoms with Gasteiger partial charge in [-0.25, -0.2) is 4.99 Å². The maximum Gasteiger partial charge on any atom is 0.280 e. The fourth-order valence-electron chi connectivity index (χ4n) is 1.56. The van der Waals surface area contributed by atoms with Crippen LogP contribution in [0.5, 0.6) is 0 Å². The molecule has 96 valence electrons. The summed E-state index contributed by atoms with van der Waals surface area (Å²) in [5, 5.41) is 10.9. The van der Waals surface area contributed by atoms with Crippen molar-refractivity contribution in [2.24, 2.45) is 10.7 Å². The van der Waals surface area contributed by atoms with Crippen molar-refractivity contribution in [1.29, 1.82) is 0 Å². The molecule has 0 bridgehead atoms. The third-order valence-corrected chi connectivity index (χ3v) is 2.98. The number of nitrogens with zero attached hydrogens (tertiary/aromatic N) is 2. The third kappa shape index (κ3) is 3.17. The van der Waals surface area contributed by atoms with Crippen LogP contribution >= 0.6 is 15.9 Å². The molecule has 2 N–H and O–H groups in total. The number of amidine groups is 1. The summed E-state index contributed by atoms with van der Waals surface area (Å²) in [4.78, 5) is 14.6. The molecule has 0 radical (unpaired) electrons. The van der Waals surface area contributed by atoms with Gasteiger partial charge in [-0.2, -0.15) is 0 Å². The first-order valence-corrected chi connectivity index (χ1v) is 6.21. The monoisotopic (exact) mass is 319 g/mol. The zero-order valence-corrected chi connectivity index (χ0v) is 11.4. The van der Waals surface area contributed by atoms with Crippen LogP contribution in [0.3, 0.4) is 0 Å². The van der Waals surface area contributed by atoms with Crippen LogP contribution in [0.15, 0.2) is 58.0 Å². The van der Waals surface area contributed by atoms with Crippen LogP contribution in [0.2, 0.25) is 0 Å². The van der Waals surface area contributed by atoms with E-state index in [2.05, 4.69) is 20.9 Å². The molecule has 0 atom stereocenters. The van der Waals surface area contributed by atoms with Gasteiger partial charge in [0.05, 0.1) is 16.2 Å². The molecule has 6 heteroatoms. The molecule has 0 saturated heterocycles. The lowest BCUT2D eigenvalue weighted by molar-refractivity contribution is -0.385. The van der Waals surface area contributed by atoms with Crippen molar-refractivity contribution in [1.82, 2.24) is 0 Å². The number of rotatable bonds is 3. The zero-order valence-electron chi connectivity index (χ0n) is 9.79. The highest BCUT2D eigenvalue weighted by Crippen LogP contribution is 2.21. The van der Waals surface area contributed by atoms with Crippen molar-refractivity contribution in [3.63, 3.8) is 0 Å². The Kier molecular flexibility index (Phi) is 3.91. The molecule has 0 aliphatic heterocycles. The average molecular weight is 320 g/mol. The van der Waals surface area contributed by atoms with Crippen LogP contribution in [-0.4, -0.2) is 10.8 Å². The fourth-order valence-corrected chi connectivity index (χ4v) is 1.83. The Morgan fingerprint density at radius 1 is 1.16 bits per heavy atom. The summed E-state index contributed by atoms with van der Waals surface area (Å²) in [6.45, 7) is 0. The van der Waals surface area contributed by atoms with Crippen molar-refractivity contribution < 1.29 is 4.92 Å². The Morgan fingerprint density at radius 2 is 1.79 bits per heavy atom. The Balaban J connectivity index is 2.41. The predicted molar refractivity (Wildman–Crippen MR) is 77.6 cm³/mol. The normalized spacial score (nSPS) is 11.3. The molecule has 0 aromatic heterocycles. The lowest BCUT2D eigenvalue weighted by Gasteiger charge is -2.02. The summed E-state index contributed by atoms with van der Waals surface area (Å²) in [7, 11) is 0. The van der Waals surface area contributed by atoms with E-state index in [-0.39, 0.29) is 11.5 Å². The SMILES string of the molecule is NC(=Nc1ccc(Br)cc1)c1ccccc1[N+](=O)[O-]. The number of nitrogens with two attached hydrogens (primary N) is 1. The number of aliphatic imine (C=N–C) groups is 1. The van der Waals surface area contributed by atoms with Gasteiger partial charge in [-0.3, -0.25) is 10.1 Å². The summed E-state index contributed by atoms with van der Waals surface area (Å²) in [5.74, 6) is 0.120. The Bertz CT molecular complexity index is 639. The second-order valence-electron chi connectivity index (χ2n) is 3.75. The van der Waals surface area contributed by atoms with E-state index in [0.29, 0.717) is 11.3 Å². The van der Waals surface area contributed by atoms with Crippen LogP contribution in [0.25, 0.3) is 0 Å². The number of nitro groups is 1. The van der Waals surface area contributed by atoms with Crippen LogP contribution < -0.4 is 5.73 Å². The minimum Gasteiger partial charge on any atom is -0.383 e. The fraction of sp³-hybridized carbons (Fsp3) is 0. The third-order valence-electron chi connectivity index (χ3n) is 2.45. The summed E-state index contributed by atoms with van der Waals surface area (Å²) in [6, 6.07) is 13.4. The molecule has 2 aromatic carbocycles. The van der Waals surface area contributed by atoms with Crippen molar-refractivity contribution in [2.75, 3.05) is 0 Å². The van der Waals surface area contributed by atoms with Crippen molar-refractivity contribution >= 4 is 33.1 Å². The molecule has 2 rings (SSSR count). The minimum absolute atomic E-state index is 0.0548. The van der Waals surface area contributed by atoms with Gasteiger partial charge in [-0.1, -0.05) is 28.1 Å².